The number of carbonyl (C=O) groups is 2. The van der Waals surface area contributed by atoms with Gasteiger partial charge in [-0.1, -0.05) is 64.5 Å². The van der Waals surface area contributed by atoms with Gasteiger partial charge in [0.15, 0.2) is 0 Å². The van der Waals surface area contributed by atoms with Crippen LogP contribution >= 0.6 is 15.9 Å². The van der Waals surface area contributed by atoms with Crippen LogP contribution in [0.15, 0.2) is 71.2 Å². The van der Waals surface area contributed by atoms with Gasteiger partial charge in [0.2, 0.25) is 5.60 Å². The summed E-state index contributed by atoms with van der Waals surface area (Å²) in [5.41, 5.74) is -0.468. The lowest BCUT2D eigenvalue weighted by Gasteiger charge is -2.22. The first-order valence-corrected chi connectivity index (χ1v) is 9.83. The number of fused-ring (bicyclic) bond motifs is 1. The van der Waals surface area contributed by atoms with E-state index in [1.54, 1.807) is 0 Å². The van der Waals surface area contributed by atoms with Gasteiger partial charge in [0.05, 0.1) is 5.69 Å². The molecule has 142 valence electrons. The smallest absolute Gasteiger partial charge is 0.268 e. The van der Waals surface area contributed by atoms with Crippen LogP contribution in [0.5, 0.6) is 0 Å². The maximum absolute atomic E-state index is 13.0. The summed E-state index contributed by atoms with van der Waals surface area (Å²) in [4.78, 5) is 27.1. The molecule has 4 rings (SSSR count). The summed E-state index contributed by atoms with van der Waals surface area (Å²) in [6.45, 7) is 0.524. The van der Waals surface area contributed by atoms with Crippen LogP contribution in [0, 0.1) is 0 Å². The van der Waals surface area contributed by atoms with Crippen molar-refractivity contribution in [3.05, 3.63) is 76.8 Å². The van der Waals surface area contributed by atoms with Crippen molar-refractivity contribution in [1.29, 1.82) is 0 Å². The van der Waals surface area contributed by atoms with Gasteiger partial charge in [-0.15, -0.1) is 0 Å². The molecule has 0 saturated carbocycles. The van der Waals surface area contributed by atoms with Gasteiger partial charge >= 0.3 is 0 Å². The number of anilines is 1. The fourth-order valence-corrected chi connectivity index (χ4v) is 4.01. The van der Waals surface area contributed by atoms with Gasteiger partial charge in [0, 0.05) is 29.4 Å². The van der Waals surface area contributed by atoms with Gasteiger partial charge in [0.25, 0.3) is 11.8 Å². The highest BCUT2D eigenvalue weighted by atomic mass is 79.9. The zero-order valence-electron chi connectivity index (χ0n) is 15.1. The highest BCUT2D eigenvalue weighted by Gasteiger charge is 2.51. The molecule has 1 saturated heterocycles. The van der Waals surface area contributed by atoms with E-state index >= 15 is 0 Å². The molecule has 0 spiro atoms. The molecule has 3 aromatic carbocycles. The topological polar surface area (TPSA) is 69.6 Å². The molecule has 5 nitrogen and oxygen atoms in total. The molecule has 1 fully saturated rings. The van der Waals surface area contributed by atoms with E-state index in [0.29, 0.717) is 5.69 Å². The zero-order chi connectivity index (χ0) is 19.7. The summed E-state index contributed by atoms with van der Waals surface area (Å²) in [6, 6.07) is 20.9. The number of nitrogens with zero attached hydrogens (tertiary/aromatic N) is 1. The van der Waals surface area contributed by atoms with Crippen molar-refractivity contribution in [2.45, 2.75) is 18.6 Å². The fourth-order valence-electron chi connectivity index (χ4n) is 3.57. The third kappa shape index (κ3) is 3.30. The Morgan fingerprint density at radius 3 is 2.68 bits per heavy atom. The average molecular weight is 439 g/mol. The first-order chi connectivity index (χ1) is 13.5. The molecule has 0 aliphatic carbocycles. The molecule has 0 aromatic heterocycles. The number of rotatable bonds is 4. The minimum Gasteiger partial charge on any atom is -0.372 e. The first-order valence-electron chi connectivity index (χ1n) is 9.04. The molecule has 6 heteroatoms. The summed E-state index contributed by atoms with van der Waals surface area (Å²) in [7, 11) is 0. The quantitative estimate of drug-likeness (QED) is 0.613. The number of benzene rings is 3. The molecular formula is C22H19BrN2O3. The molecule has 2 amide bonds. The third-order valence-corrected chi connectivity index (χ3v) is 5.56. The van der Waals surface area contributed by atoms with Crippen molar-refractivity contribution in [1.82, 2.24) is 5.32 Å². The zero-order valence-corrected chi connectivity index (χ0v) is 16.6. The second kappa shape index (κ2) is 7.37. The van der Waals surface area contributed by atoms with Gasteiger partial charge in [0.1, 0.15) is 0 Å². The summed E-state index contributed by atoms with van der Waals surface area (Å²) in [5.74, 6) is -1.25. The lowest BCUT2D eigenvalue weighted by molar-refractivity contribution is -0.149. The Balaban J connectivity index is 1.54. The van der Waals surface area contributed by atoms with Crippen LogP contribution in [0.4, 0.5) is 5.69 Å². The monoisotopic (exact) mass is 438 g/mol. The number of carbonyl (C=O) groups excluding carboxylic acids is 2. The molecule has 28 heavy (non-hydrogen) atoms. The molecule has 0 radical (unpaired) electrons. The van der Waals surface area contributed by atoms with E-state index in [1.165, 1.54) is 4.90 Å². The van der Waals surface area contributed by atoms with Crippen molar-refractivity contribution in [2.24, 2.45) is 0 Å². The molecule has 1 unspecified atom stereocenters. The summed E-state index contributed by atoms with van der Waals surface area (Å²) >= 11 is 3.39. The van der Waals surface area contributed by atoms with E-state index in [-0.39, 0.29) is 19.5 Å². The maximum atomic E-state index is 13.0. The number of nitrogens with one attached hydrogen (secondary N) is 1. The van der Waals surface area contributed by atoms with Crippen molar-refractivity contribution >= 4 is 44.2 Å². The molecule has 1 heterocycles. The highest BCUT2D eigenvalue weighted by Crippen LogP contribution is 2.33. The largest absolute Gasteiger partial charge is 0.372 e. The standard InChI is InChI=1S/C22H19BrN2O3/c23-17-8-3-5-15(13-17)14-24-20(26)22(28)11-12-25(21(22)27)19-10-4-7-16-6-1-2-9-18(16)19/h1-10,13,28H,11-12,14H2,(H,24,26). The third-order valence-electron chi connectivity index (χ3n) is 5.07. The second-order valence-electron chi connectivity index (χ2n) is 6.88. The Morgan fingerprint density at radius 2 is 1.86 bits per heavy atom. The van der Waals surface area contributed by atoms with E-state index in [0.717, 1.165) is 20.8 Å². The van der Waals surface area contributed by atoms with Crippen molar-refractivity contribution < 1.29 is 14.7 Å². The Kier molecular flexibility index (Phi) is 4.91. The number of halogens is 1. The molecule has 1 aliphatic heterocycles. The summed E-state index contributed by atoms with van der Waals surface area (Å²) in [6.07, 6.45) is 0.0549. The van der Waals surface area contributed by atoms with Gasteiger partial charge in [-0.25, -0.2) is 0 Å². The fraction of sp³-hybridized carbons (Fsp3) is 0.182. The molecular weight excluding hydrogens is 420 g/mol. The Hall–Kier alpha value is -2.70. The van der Waals surface area contributed by atoms with E-state index < -0.39 is 17.4 Å². The molecule has 0 bridgehead atoms. The van der Waals surface area contributed by atoms with Crippen molar-refractivity contribution in [2.75, 3.05) is 11.4 Å². The van der Waals surface area contributed by atoms with Gasteiger partial charge in [-0.3, -0.25) is 9.59 Å². The summed E-state index contributed by atoms with van der Waals surface area (Å²) < 4.78 is 0.900. The lowest BCUT2D eigenvalue weighted by atomic mass is 10.0. The van der Waals surface area contributed by atoms with Gasteiger partial charge in [-0.05, 0) is 29.1 Å². The van der Waals surface area contributed by atoms with Crippen LogP contribution in [0.2, 0.25) is 0 Å². The second-order valence-corrected chi connectivity index (χ2v) is 7.79. The lowest BCUT2D eigenvalue weighted by Crippen LogP contribution is -2.52. The van der Waals surface area contributed by atoms with Crippen molar-refractivity contribution in [3.8, 4) is 0 Å². The number of aliphatic hydroxyl groups is 1. The minimum absolute atomic E-state index is 0.0549. The van der Waals surface area contributed by atoms with Crippen molar-refractivity contribution in [3.63, 3.8) is 0 Å². The van der Waals surface area contributed by atoms with Crippen LogP contribution in [0.1, 0.15) is 12.0 Å². The maximum Gasteiger partial charge on any atom is 0.268 e. The van der Waals surface area contributed by atoms with Gasteiger partial charge in [-0.2, -0.15) is 0 Å². The Morgan fingerprint density at radius 1 is 1.11 bits per heavy atom. The van der Waals surface area contributed by atoms with Crippen LogP contribution in [-0.2, 0) is 16.1 Å². The first kappa shape index (κ1) is 18.7. The number of hydrogen-bond donors (Lipinski definition) is 2. The normalized spacial score (nSPS) is 19.2. The molecule has 2 N–H and O–H groups in total. The summed E-state index contributed by atoms with van der Waals surface area (Å²) in [5, 5.41) is 15.5. The number of amides is 2. The minimum atomic E-state index is -2.05. The predicted molar refractivity (Wildman–Crippen MR) is 112 cm³/mol. The molecule has 1 atom stereocenters. The SMILES string of the molecule is O=C(NCc1cccc(Br)c1)C1(O)CCN(c2cccc3ccccc23)C1=O. The Bertz CT molecular complexity index is 1060. The van der Waals surface area contributed by atoms with Gasteiger partial charge < -0.3 is 15.3 Å². The van der Waals surface area contributed by atoms with Crippen LogP contribution in [-0.4, -0.2) is 29.1 Å². The van der Waals surface area contributed by atoms with E-state index in [1.807, 2.05) is 66.7 Å². The van der Waals surface area contributed by atoms with Crippen LogP contribution < -0.4 is 10.2 Å². The van der Waals surface area contributed by atoms with E-state index in [2.05, 4.69) is 21.2 Å². The average Bonchev–Trinajstić information content (AvgIpc) is 3.01. The number of hydrogen-bond acceptors (Lipinski definition) is 3. The van der Waals surface area contributed by atoms with E-state index in [4.69, 9.17) is 0 Å². The predicted octanol–water partition coefficient (Wildman–Crippen LogP) is 3.39. The van der Waals surface area contributed by atoms with Crippen LogP contribution in [0.25, 0.3) is 10.8 Å². The highest BCUT2D eigenvalue weighted by molar-refractivity contribution is 9.10. The van der Waals surface area contributed by atoms with Crippen LogP contribution in [0.3, 0.4) is 0 Å². The Labute approximate surface area is 171 Å². The molecule has 1 aliphatic rings. The van der Waals surface area contributed by atoms with E-state index in [9.17, 15) is 14.7 Å². The molecule has 3 aromatic rings.